The van der Waals surface area contributed by atoms with Crippen LogP contribution in [0.1, 0.15) is 0 Å². The summed E-state index contributed by atoms with van der Waals surface area (Å²) in [5.41, 5.74) is -0.748. The smallest absolute Gasteiger partial charge is 0.296 e. The van der Waals surface area contributed by atoms with Crippen LogP contribution in [0.15, 0.2) is 26.8 Å². The summed E-state index contributed by atoms with van der Waals surface area (Å²) < 4.78 is 93.2. The monoisotopic (exact) mass is 347 g/mol. The van der Waals surface area contributed by atoms with E-state index in [1.807, 2.05) is 0 Å². The summed E-state index contributed by atoms with van der Waals surface area (Å²) in [6, 6.07) is 0.677. The van der Waals surface area contributed by atoms with E-state index in [2.05, 4.69) is 5.32 Å². The van der Waals surface area contributed by atoms with E-state index in [0.717, 1.165) is 7.05 Å². The van der Waals surface area contributed by atoms with Crippen molar-refractivity contribution in [1.29, 1.82) is 0 Å². The number of rotatable bonds is 4. The van der Waals surface area contributed by atoms with Crippen LogP contribution in [0, 0.1) is 0 Å². The molecule has 0 aliphatic rings. The van der Waals surface area contributed by atoms with Crippen molar-refractivity contribution in [2.45, 2.75) is 14.7 Å². The molecule has 1 aromatic rings. The van der Waals surface area contributed by atoms with E-state index >= 15 is 0 Å². The van der Waals surface area contributed by atoms with Gasteiger partial charge in [0.1, 0.15) is 9.79 Å². The standard InChI is InChI=1S/C7H9NO9S3/c1-8-7-5(19(12,13)14)2-4(18(9,10)11)3-6(7)20(15,16)17/h2-3,8H,1H3,(H,9,10,11)(H,12,13,14)(H,15,16,17). The van der Waals surface area contributed by atoms with Crippen LogP contribution in [0.3, 0.4) is 0 Å². The molecular weight excluding hydrogens is 338 g/mol. The molecule has 0 atom stereocenters. The fourth-order valence-electron chi connectivity index (χ4n) is 1.37. The lowest BCUT2D eigenvalue weighted by atomic mass is 10.3. The average Bonchev–Trinajstić information content (AvgIpc) is 2.23. The Hall–Kier alpha value is -1.25. The van der Waals surface area contributed by atoms with E-state index in [0.29, 0.717) is 12.1 Å². The second-order valence-electron chi connectivity index (χ2n) is 3.47. The highest BCUT2D eigenvalue weighted by Crippen LogP contribution is 2.32. The lowest BCUT2D eigenvalue weighted by Gasteiger charge is -2.12. The van der Waals surface area contributed by atoms with Crippen LogP contribution in [0.25, 0.3) is 0 Å². The lowest BCUT2D eigenvalue weighted by Crippen LogP contribution is -2.12. The highest BCUT2D eigenvalue weighted by molar-refractivity contribution is 7.87. The maximum atomic E-state index is 11.1. The van der Waals surface area contributed by atoms with E-state index in [1.165, 1.54) is 0 Å². The van der Waals surface area contributed by atoms with E-state index in [-0.39, 0.29) is 0 Å². The van der Waals surface area contributed by atoms with Gasteiger partial charge in [-0.05, 0) is 12.1 Å². The summed E-state index contributed by atoms with van der Waals surface area (Å²) in [5, 5.41) is 2.10. The molecule has 4 N–H and O–H groups in total. The Bertz CT molecular complexity index is 798. The first-order chi connectivity index (χ1) is 8.78. The third-order valence-corrected chi connectivity index (χ3v) is 4.73. The quantitative estimate of drug-likeness (QED) is 0.518. The maximum Gasteiger partial charge on any atom is 0.296 e. The molecule has 0 spiro atoms. The van der Waals surface area contributed by atoms with Gasteiger partial charge in [0.2, 0.25) is 0 Å². The zero-order valence-electron chi connectivity index (χ0n) is 9.67. The van der Waals surface area contributed by atoms with Crippen molar-refractivity contribution in [1.82, 2.24) is 0 Å². The zero-order chi connectivity index (χ0) is 15.9. The number of benzene rings is 1. The predicted octanol–water partition coefficient (Wildman–Crippen LogP) is -0.532. The molecule has 1 rings (SSSR count). The largest absolute Gasteiger partial charge is 0.386 e. The minimum absolute atomic E-state index is 0.338. The Kier molecular flexibility index (Phi) is 4.15. The molecule has 0 fully saturated rings. The van der Waals surface area contributed by atoms with Gasteiger partial charge in [-0.1, -0.05) is 0 Å². The summed E-state index contributed by atoms with van der Waals surface area (Å²) in [4.78, 5) is -3.40. The lowest BCUT2D eigenvalue weighted by molar-refractivity contribution is 0.479. The molecule has 0 aliphatic heterocycles. The minimum atomic E-state index is -5.02. The third kappa shape index (κ3) is 3.44. The first-order valence-electron chi connectivity index (χ1n) is 4.56. The van der Waals surface area contributed by atoms with Crippen molar-refractivity contribution in [3.63, 3.8) is 0 Å². The van der Waals surface area contributed by atoms with Gasteiger partial charge in [-0.3, -0.25) is 13.7 Å². The molecule has 0 bridgehead atoms. The molecule has 0 unspecified atom stereocenters. The van der Waals surface area contributed by atoms with Crippen LogP contribution < -0.4 is 5.32 Å². The van der Waals surface area contributed by atoms with Crippen LogP contribution in [0.4, 0.5) is 5.69 Å². The summed E-state index contributed by atoms with van der Waals surface area (Å²) in [6.45, 7) is 0. The van der Waals surface area contributed by atoms with Gasteiger partial charge in [0.25, 0.3) is 30.4 Å². The number of anilines is 1. The van der Waals surface area contributed by atoms with Crippen LogP contribution in [0.5, 0.6) is 0 Å². The fraction of sp³-hybridized carbons (Fsp3) is 0.143. The molecule has 0 aromatic heterocycles. The predicted molar refractivity (Wildman–Crippen MR) is 65.4 cm³/mol. The Morgan fingerprint density at radius 1 is 0.800 bits per heavy atom. The van der Waals surface area contributed by atoms with Crippen molar-refractivity contribution in [3.05, 3.63) is 12.1 Å². The van der Waals surface area contributed by atoms with Gasteiger partial charge in [-0.2, -0.15) is 25.3 Å². The van der Waals surface area contributed by atoms with Gasteiger partial charge in [0.05, 0.1) is 10.6 Å². The highest BCUT2D eigenvalue weighted by atomic mass is 32.2. The molecule has 0 saturated heterocycles. The zero-order valence-corrected chi connectivity index (χ0v) is 12.1. The molecule has 13 heteroatoms. The Morgan fingerprint density at radius 2 is 1.15 bits per heavy atom. The fourth-order valence-corrected chi connectivity index (χ4v) is 3.61. The van der Waals surface area contributed by atoms with E-state index in [4.69, 9.17) is 13.7 Å². The molecule has 0 amide bonds. The van der Waals surface area contributed by atoms with Crippen LogP contribution >= 0.6 is 0 Å². The molecule has 0 radical (unpaired) electrons. The summed E-state index contributed by atoms with van der Waals surface area (Å²) in [6.07, 6.45) is 0. The van der Waals surface area contributed by atoms with E-state index in [9.17, 15) is 25.3 Å². The van der Waals surface area contributed by atoms with Crippen LogP contribution in [-0.2, 0) is 30.4 Å². The molecule has 0 saturated carbocycles. The van der Waals surface area contributed by atoms with Gasteiger partial charge in [0.15, 0.2) is 0 Å². The van der Waals surface area contributed by atoms with Gasteiger partial charge < -0.3 is 5.32 Å². The van der Waals surface area contributed by atoms with Gasteiger partial charge in [-0.25, -0.2) is 0 Å². The van der Waals surface area contributed by atoms with E-state index < -0.39 is 50.7 Å². The van der Waals surface area contributed by atoms with Crippen molar-refractivity contribution < 1.29 is 38.9 Å². The molecule has 20 heavy (non-hydrogen) atoms. The van der Waals surface area contributed by atoms with Crippen molar-refractivity contribution in [2.24, 2.45) is 0 Å². The molecule has 114 valence electrons. The number of hydrogen-bond donors (Lipinski definition) is 4. The minimum Gasteiger partial charge on any atom is -0.386 e. The van der Waals surface area contributed by atoms with Crippen LogP contribution in [-0.4, -0.2) is 46.0 Å². The summed E-state index contributed by atoms with van der Waals surface area (Å²) >= 11 is 0. The van der Waals surface area contributed by atoms with Crippen molar-refractivity contribution in [2.75, 3.05) is 12.4 Å². The first-order valence-corrected chi connectivity index (χ1v) is 8.88. The van der Waals surface area contributed by atoms with Crippen molar-refractivity contribution in [3.8, 4) is 0 Å². The number of hydrogen-bond acceptors (Lipinski definition) is 7. The Balaban J connectivity index is 4.06. The van der Waals surface area contributed by atoms with Crippen molar-refractivity contribution >= 4 is 36.0 Å². The average molecular weight is 347 g/mol. The summed E-state index contributed by atoms with van der Waals surface area (Å²) in [7, 11) is -13.9. The molecule has 0 aliphatic carbocycles. The van der Waals surface area contributed by atoms with E-state index in [1.54, 1.807) is 0 Å². The van der Waals surface area contributed by atoms with Gasteiger partial charge in [0, 0.05) is 7.05 Å². The normalized spacial score (nSPS) is 13.2. The third-order valence-electron chi connectivity index (χ3n) is 2.14. The summed E-state index contributed by atoms with van der Waals surface area (Å²) in [5.74, 6) is 0. The molecular formula is C7H9NO9S3. The number of nitrogens with one attached hydrogen (secondary N) is 1. The Labute approximate surface area is 114 Å². The second kappa shape index (κ2) is 4.94. The maximum absolute atomic E-state index is 11.1. The second-order valence-corrected chi connectivity index (χ2v) is 7.67. The Morgan fingerprint density at radius 3 is 1.35 bits per heavy atom. The highest BCUT2D eigenvalue weighted by Gasteiger charge is 2.28. The SMILES string of the molecule is CNc1c(S(=O)(=O)O)cc(S(=O)(=O)O)cc1S(=O)(=O)O. The molecule has 10 nitrogen and oxygen atoms in total. The topological polar surface area (TPSA) is 175 Å². The molecule has 1 aromatic carbocycles. The first kappa shape index (κ1) is 16.8. The van der Waals surface area contributed by atoms with Gasteiger partial charge >= 0.3 is 0 Å². The van der Waals surface area contributed by atoms with Crippen LogP contribution in [0.2, 0.25) is 0 Å². The molecule has 0 heterocycles. The van der Waals surface area contributed by atoms with Gasteiger partial charge in [-0.15, -0.1) is 0 Å².